The fourth-order valence-electron chi connectivity index (χ4n) is 1.57. The molecule has 0 aliphatic carbocycles. The van der Waals surface area contributed by atoms with E-state index in [0.29, 0.717) is 0 Å². The molecule has 1 atom stereocenters. The molecule has 1 unspecified atom stereocenters. The van der Waals surface area contributed by atoms with Crippen molar-refractivity contribution >= 4 is 0 Å². The summed E-state index contributed by atoms with van der Waals surface area (Å²) in [5, 5.41) is 18.3. The first-order valence-corrected chi connectivity index (χ1v) is 4.68. The van der Waals surface area contributed by atoms with Crippen LogP contribution >= 0.6 is 0 Å². The Morgan fingerprint density at radius 2 is 1.67 bits per heavy atom. The maximum atomic E-state index is 9.46. The highest BCUT2D eigenvalue weighted by Crippen LogP contribution is 2.20. The summed E-state index contributed by atoms with van der Waals surface area (Å²) in [7, 11) is 0. The number of hydrogen-bond acceptors (Lipinski definition) is 3. The van der Waals surface area contributed by atoms with Crippen molar-refractivity contribution in [2.75, 3.05) is 6.61 Å². The van der Waals surface area contributed by atoms with Gasteiger partial charge in [0.15, 0.2) is 0 Å². The molecule has 0 aromatic heterocycles. The van der Waals surface area contributed by atoms with Crippen LogP contribution in [0.25, 0.3) is 0 Å². The number of aliphatic hydroxyl groups is 2. The van der Waals surface area contributed by atoms with Crippen molar-refractivity contribution in [2.24, 2.45) is 5.73 Å². The van der Waals surface area contributed by atoms with Crippen LogP contribution in [0.3, 0.4) is 0 Å². The third-order valence-corrected chi connectivity index (χ3v) is 2.27. The Labute approximate surface area is 74.6 Å². The molecule has 0 aliphatic rings. The van der Waals surface area contributed by atoms with Crippen molar-refractivity contribution < 1.29 is 10.2 Å². The van der Waals surface area contributed by atoms with E-state index in [2.05, 4.69) is 0 Å². The zero-order valence-electron chi connectivity index (χ0n) is 8.08. The molecule has 74 valence electrons. The van der Waals surface area contributed by atoms with Gasteiger partial charge < -0.3 is 15.9 Å². The van der Waals surface area contributed by atoms with Crippen molar-refractivity contribution in [2.45, 2.75) is 51.2 Å². The summed E-state index contributed by atoms with van der Waals surface area (Å²) in [4.78, 5) is 0. The van der Waals surface area contributed by atoms with Crippen LogP contribution in [0.2, 0.25) is 0 Å². The molecule has 0 rings (SSSR count). The Morgan fingerprint density at radius 3 is 1.92 bits per heavy atom. The van der Waals surface area contributed by atoms with E-state index in [1.165, 1.54) is 0 Å². The smallest absolute Gasteiger partial charge is 0.0949 e. The van der Waals surface area contributed by atoms with E-state index in [9.17, 15) is 5.11 Å². The summed E-state index contributed by atoms with van der Waals surface area (Å²) in [6, 6.07) is 0. The van der Waals surface area contributed by atoms with Crippen molar-refractivity contribution in [1.29, 1.82) is 0 Å². The van der Waals surface area contributed by atoms with E-state index >= 15 is 0 Å². The zero-order valence-corrected chi connectivity index (χ0v) is 8.08. The van der Waals surface area contributed by atoms with Crippen molar-refractivity contribution in [1.82, 2.24) is 0 Å². The normalized spacial score (nSPS) is 14.8. The molecule has 0 spiro atoms. The molecular weight excluding hydrogens is 154 g/mol. The zero-order chi connectivity index (χ0) is 9.61. The van der Waals surface area contributed by atoms with E-state index in [0.717, 1.165) is 25.7 Å². The van der Waals surface area contributed by atoms with Gasteiger partial charge in [0.1, 0.15) is 0 Å². The van der Waals surface area contributed by atoms with Gasteiger partial charge in [0.25, 0.3) is 0 Å². The van der Waals surface area contributed by atoms with Crippen LogP contribution in [-0.2, 0) is 0 Å². The predicted octanol–water partition coefficient (Wildman–Crippen LogP) is 0.637. The molecule has 4 N–H and O–H groups in total. The molecule has 3 nitrogen and oxygen atoms in total. The van der Waals surface area contributed by atoms with Gasteiger partial charge in [-0.05, 0) is 12.8 Å². The number of nitrogens with two attached hydrogens (primary N) is 1. The Balaban J connectivity index is 4.15. The van der Waals surface area contributed by atoms with E-state index in [1.807, 2.05) is 13.8 Å². The average molecular weight is 175 g/mol. The minimum Gasteiger partial charge on any atom is -0.394 e. The molecule has 3 heteroatoms. The van der Waals surface area contributed by atoms with Crippen LogP contribution in [0, 0.1) is 0 Å². The fraction of sp³-hybridized carbons (Fsp3) is 1.00. The quantitative estimate of drug-likeness (QED) is 0.555. The van der Waals surface area contributed by atoms with E-state index < -0.39 is 11.6 Å². The van der Waals surface area contributed by atoms with Gasteiger partial charge in [0.05, 0.1) is 12.7 Å². The lowest BCUT2D eigenvalue weighted by Crippen LogP contribution is -2.52. The third-order valence-electron chi connectivity index (χ3n) is 2.27. The molecule has 12 heavy (non-hydrogen) atoms. The summed E-state index contributed by atoms with van der Waals surface area (Å²) >= 11 is 0. The molecule has 0 aliphatic heterocycles. The van der Waals surface area contributed by atoms with Gasteiger partial charge in [-0.25, -0.2) is 0 Å². The predicted molar refractivity (Wildman–Crippen MR) is 49.8 cm³/mol. The van der Waals surface area contributed by atoms with Crippen LogP contribution in [0.4, 0.5) is 0 Å². The Morgan fingerprint density at radius 1 is 1.25 bits per heavy atom. The van der Waals surface area contributed by atoms with E-state index in [1.54, 1.807) is 0 Å². The molecule has 0 aromatic rings. The highest BCUT2D eigenvalue weighted by Gasteiger charge is 2.31. The average Bonchev–Trinajstić information content (AvgIpc) is 2.04. The first kappa shape index (κ1) is 11.9. The Hall–Kier alpha value is -0.120. The van der Waals surface area contributed by atoms with Crippen LogP contribution in [-0.4, -0.2) is 28.5 Å². The standard InChI is InChI=1S/C9H21NO2/c1-3-5-9(10,6-4-2)8(12)7-11/h8,11-12H,3-7,10H2,1-2H3. The second-order valence-corrected chi connectivity index (χ2v) is 3.43. The molecule has 0 heterocycles. The molecule has 0 bridgehead atoms. The first-order valence-electron chi connectivity index (χ1n) is 4.68. The highest BCUT2D eigenvalue weighted by molar-refractivity contribution is 4.90. The van der Waals surface area contributed by atoms with Gasteiger partial charge in [0, 0.05) is 5.54 Å². The second-order valence-electron chi connectivity index (χ2n) is 3.43. The monoisotopic (exact) mass is 175 g/mol. The summed E-state index contributed by atoms with van der Waals surface area (Å²) < 4.78 is 0. The number of rotatable bonds is 6. The lowest BCUT2D eigenvalue weighted by molar-refractivity contribution is 0.0219. The molecule has 0 radical (unpaired) electrons. The Kier molecular flexibility index (Phi) is 5.46. The maximum Gasteiger partial charge on any atom is 0.0949 e. The topological polar surface area (TPSA) is 66.5 Å². The largest absolute Gasteiger partial charge is 0.394 e. The summed E-state index contributed by atoms with van der Waals surface area (Å²) in [5.41, 5.74) is 5.38. The van der Waals surface area contributed by atoms with E-state index in [4.69, 9.17) is 10.8 Å². The molecule has 0 aromatic carbocycles. The number of aliphatic hydroxyl groups excluding tert-OH is 2. The fourth-order valence-corrected chi connectivity index (χ4v) is 1.57. The van der Waals surface area contributed by atoms with Crippen LogP contribution in [0.1, 0.15) is 39.5 Å². The van der Waals surface area contributed by atoms with Gasteiger partial charge in [0.2, 0.25) is 0 Å². The molecule has 0 saturated carbocycles. The molecular formula is C9H21NO2. The maximum absolute atomic E-state index is 9.46. The summed E-state index contributed by atoms with van der Waals surface area (Å²) in [6.45, 7) is 3.82. The molecule has 0 fully saturated rings. The van der Waals surface area contributed by atoms with Gasteiger partial charge in [-0.15, -0.1) is 0 Å². The van der Waals surface area contributed by atoms with Crippen LogP contribution in [0.5, 0.6) is 0 Å². The molecule has 0 amide bonds. The summed E-state index contributed by atoms with van der Waals surface area (Å²) in [5.74, 6) is 0. The lowest BCUT2D eigenvalue weighted by Gasteiger charge is -2.33. The van der Waals surface area contributed by atoms with Gasteiger partial charge >= 0.3 is 0 Å². The first-order chi connectivity index (χ1) is 5.60. The van der Waals surface area contributed by atoms with E-state index in [-0.39, 0.29) is 6.61 Å². The SMILES string of the molecule is CCCC(N)(CCC)C(O)CO. The van der Waals surface area contributed by atoms with Crippen molar-refractivity contribution in [3.05, 3.63) is 0 Å². The minimum atomic E-state index is -0.780. The van der Waals surface area contributed by atoms with Gasteiger partial charge in [-0.2, -0.15) is 0 Å². The highest BCUT2D eigenvalue weighted by atomic mass is 16.3. The van der Waals surface area contributed by atoms with Crippen molar-refractivity contribution in [3.63, 3.8) is 0 Å². The lowest BCUT2D eigenvalue weighted by atomic mass is 9.84. The van der Waals surface area contributed by atoms with Gasteiger partial charge in [-0.3, -0.25) is 0 Å². The van der Waals surface area contributed by atoms with Crippen LogP contribution < -0.4 is 5.73 Å². The summed E-state index contributed by atoms with van der Waals surface area (Å²) in [6.07, 6.45) is 2.63. The van der Waals surface area contributed by atoms with Crippen molar-refractivity contribution in [3.8, 4) is 0 Å². The number of hydrogen-bond donors (Lipinski definition) is 3. The molecule has 0 saturated heterocycles. The van der Waals surface area contributed by atoms with Gasteiger partial charge in [-0.1, -0.05) is 26.7 Å². The minimum absolute atomic E-state index is 0.240. The second kappa shape index (κ2) is 5.51. The van der Waals surface area contributed by atoms with Crippen LogP contribution in [0.15, 0.2) is 0 Å². The Bertz CT molecular complexity index is 111. The third kappa shape index (κ3) is 3.09.